The number of rotatable bonds is 24. The molecule has 186 valence electrons. The predicted octanol–water partition coefficient (Wildman–Crippen LogP) is 7.07. The van der Waals surface area contributed by atoms with E-state index in [-0.39, 0.29) is 6.10 Å². The summed E-state index contributed by atoms with van der Waals surface area (Å²) in [4.78, 5) is 0. The maximum atomic E-state index is 8.76. The average molecular weight is 443 g/mol. The van der Waals surface area contributed by atoms with E-state index >= 15 is 0 Å². The molecule has 1 aliphatic rings. The first-order valence-corrected chi connectivity index (χ1v) is 13.7. The minimum Gasteiger partial charge on any atom is -0.396 e. The molecule has 0 aliphatic carbocycles. The molecule has 4 nitrogen and oxygen atoms in total. The van der Waals surface area contributed by atoms with E-state index in [2.05, 4.69) is 6.92 Å². The number of aliphatic hydroxyl groups excluding tert-OH is 1. The second kappa shape index (κ2) is 23.0. The Hall–Kier alpha value is -0.160. The molecule has 31 heavy (non-hydrogen) atoms. The molecule has 1 fully saturated rings. The maximum Gasteiger partial charge on any atom is 0.0813 e. The summed E-state index contributed by atoms with van der Waals surface area (Å²) in [5.41, 5.74) is 0. The Morgan fingerprint density at radius 3 is 1.68 bits per heavy atom. The van der Waals surface area contributed by atoms with Crippen LogP contribution in [0.4, 0.5) is 0 Å². The van der Waals surface area contributed by atoms with Gasteiger partial charge in [0.1, 0.15) is 0 Å². The van der Waals surface area contributed by atoms with Gasteiger partial charge in [0.15, 0.2) is 0 Å². The van der Waals surface area contributed by atoms with Crippen LogP contribution in [0, 0.1) is 5.92 Å². The van der Waals surface area contributed by atoms with Gasteiger partial charge in [0.2, 0.25) is 0 Å². The van der Waals surface area contributed by atoms with E-state index in [9.17, 15) is 0 Å². The zero-order valence-electron chi connectivity index (χ0n) is 20.8. The van der Waals surface area contributed by atoms with Crippen molar-refractivity contribution in [1.82, 2.24) is 0 Å². The van der Waals surface area contributed by atoms with E-state index in [1.807, 2.05) is 0 Å². The molecule has 4 heteroatoms. The second-order valence-corrected chi connectivity index (χ2v) is 9.59. The van der Waals surface area contributed by atoms with Gasteiger partial charge in [-0.2, -0.15) is 0 Å². The number of hydrogen-bond donors (Lipinski definition) is 1. The zero-order valence-corrected chi connectivity index (χ0v) is 20.8. The third-order valence-electron chi connectivity index (χ3n) is 6.41. The summed E-state index contributed by atoms with van der Waals surface area (Å²) in [7, 11) is 0. The summed E-state index contributed by atoms with van der Waals surface area (Å²) >= 11 is 0. The lowest BCUT2D eigenvalue weighted by Crippen LogP contribution is -2.15. The van der Waals surface area contributed by atoms with Crippen LogP contribution in [0.2, 0.25) is 0 Å². The normalized spacial score (nSPS) is 18.8. The third-order valence-corrected chi connectivity index (χ3v) is 6.41. The molecule has 0 unspecified atom stereocenters. The molecule has 0 amide bonds. The Morgan fingerprint density at radius 1 is 0.645 bits per heavy atom. The molecular formula is C27H54O4. The second-order valence-electron chi connectivity index (χ2n) is 9.59. The van der Waals surface area contributed by atoms with Crippen molar-refractivity contribution in [2.45, 2.75) is 129 Å². The molecular weight excluding hydrogens is 388 g/mol. The number of ether oxygens (including phenoxy) is 3. The van der Waals surface area contributed by atoms with Crippen LogP contribution in [-0.4, -0.2) is 50.9 Å². The fourth-order valence-corrected chi connectivity index (χ4v) is 4.37. The molecule has 0 aromatic rings. The van der Waals surface area contributed by atoms with Gasteiger partial charge in [-0.1, -0.05) is 96.8 Å². The molecule has 0 spiro atoms. The van der Waals surface area contributed by atoms with Crippen LogP contribution in [0.25, 0.3) is 0 Å². The van der Waals surface area contributed by atoms with Crippen molar-refractivity contribution in [3.8, 4) is 0 Å². The molecule has 1 N–H and O–H groups in total. The third kappa shape index (κ3) is 19.1. The lowest BCUT2D eigenvalue weighted by molar-refractivity contribution is 0.0140. The summed E-state index contributed by atoms with van der Waals surface area (Å²) in [6, 6.07) is 0. The summed E-state index contributed by atoms with van der Waals surface area (Å²) < 4.78 is 17.6. The Morgan fingerprint density at radius 2 is 1.13 bits per heavy atom. The molecule has 2 atom stereocenters. The van der Waals surface area contributed by atoms with E-state index < -0.39 is 0 Å². The Kier molecular flexibility index (Phi) is 21.4. The first-order chi connectivity index (χ1) is 15.4. The SMILES string of the molecule is CCCCCCCCCCCCCCOC[C@H]1CO[C@H](COCCCCCCCO)C1. The highest BCUT2D eigenvalue weighted by molar-refractivity contribution is 4.73. The molecule has 0 aromatic heterocycles. The van der Waals surface area contributed by atoms with Crippen molar-refractivity contribution in [3.63, 3.8) is 0 Å². The molecule has 1 aliphatic heterocycles. The van der Waals surface area contributed by atoms with Crippen molar-refractivity contribution in [1.29, 1.82) is 0 Å². The van der Waals surface area contributed by atoms with Gasteiger partial charge < -0.3 is 19.3 Å². The van der Waals surface area contributed by atoms with Crippen LogP contribution in [0.5, 0.6) is 0 Å². The fraction of sp³-hybridized carbons (Fsp3) is 1.00. The van der Waals surface area contributed by atoms with E-state index in [1.54, 1.807) is 0 Å². The average Bonchev–Trinajstić information content (AvgIpc) is 3.23. The largest absolute Gasteiger partial charge is 0.396 e. The van der Waals surface area contributed by atoms with Crippen molar-refractivity contribution in [2.24, 2.45) is 5.92 Å². The maximum absolute atomic E-state index is 8.76. The molecule has 0 saturated carbocycles. The monoisotopic (exact) mass is 442 g/mol. The van der Waals surface area contributed by atoms with Crippen LogP contribution in [0.3, 0.4) is 0 Å². The molecule has 1 heterocycles. The number of hydrogen-bond acceptors (Lipinski definition) is 4. The molecule has 0 bridgehead atoms. The zero-order chi connectivity index (χ0) is 22.2. The summed E-state index contributed by atoms with van der Waals surface area (Å²) in [5, 5.41) is 8.76. The van der Waals surface area contributed by atoms with Gasteiger partial charge in [-0.15, -0.1) is 0 Å². The number of unbranched alkanes of at least 4 members (excludes halogenated alkanes) is 15. The van der Waals surface area contributed by atoms with Gasteiger partial charge in [0.05, 0.1) is 25.9 Å². The van der Waals surface area contributed by atoms with E-state index in [4.69, 9.17) is 19.3 Å². The minimum absolute atomic E-state index is 0.259. The first-order valence-electron chi connectivity index (χ1n) is 13.7. The van der Waals surface area contributed by atoms with Crippen LogP contribution < -0.4 is 0 Å². The fourth-order valence-electron chi connectivity index (χ4n) is 4.37. The summed E-state index contributed by atoms with van der Waals surface area (Å²) in [6.45, 7) is 6.75. The molecule has 1 saturated heterocycles. The van der Waals surface area contributed by atoms with Crippen LogP contribution in [0.15, 0.2) is 0 Å². The van der Waals surface area contributed by atoms with Crippen molar-refractivity contribution in [3.05, 3.63) is 0 Å². The van der Waals surface area contributed by atoms with Crippen molar-refractivity contribution < 1.29 is 19.3 Å². The van der Waals surface area contributed by atoms with Gasteiger partial charge in [-0.25, -0.2) is 0 Å². The van der Waals surface area contributed by atoms with E-state index in [0.717, 1.165) is 58.7 Å². The van der Waals surface area contributed by atoms with Crippen LogP contribution in [0.1, 0.15) is 122 Å². The molecule has 0 aromatic carbocycles. The number of aliphatic hydroxyl groups is 1. The quantitative estimate of drug-likeness (QED) is 0.162. The minimum atomic E-state index is 0.259. The highest BCUT2D eigenvalue weighted by atomic mass is 16.5. The highest BCUT2D eigenvalue weighted by Crippen LogP contribution is 2.20. The van der Waals surface area contributed by atoms with Gasteiger partial charge >= 0.3 is 0 Å². The summed E-state index contributed by atoms with van der Waals surface area (Å²) in [6.07, 6.45) is 23.6. The molecule has 1 rings (SSSR count). The smallest absolute Gasteiger partial charge is 0.0813 e. The summed E-state index contributed by atoms with van der Waals surface area (Å²) in [5.74, 6) is 0.546. The topological polar surface area (TPSA) is 47.9 Å². The van der Waals surface area contributed by atoms with Crippen molar-refractivity contribution in [2.75, 3.05) is 39.6 Å². The van der Waals surface area contributed by atoms with Gasteiger partial charge in [0, 0.05) is 25.7 Å². The van der Waals surface area contributed by atoms with Gasteiger partial charge in [0.25, 0.3) is 0 Å². The lowest BCUT2D eigenvalue weighted by atomic mass is 10.1. The highest BCUT2D eigenvalue weighted by Gasteiger charge is 2.25. The van der Waals surface area contributed by atoms with E-state index in [0.29, 0.717) is 12.5 Å². The first kappa shape index (κ1) is 28.9. The Balaban J connectivity index is 1.76. The predicted molar refractivity (Wildman–Crippen MR) is 131 cm³/mol. The van der Waals surface area contributed by atoms with Crippen LogP contribution >= 0.6 is 0 Å². The molecule has 0 radical (unpaired) electrons. The van der Waals surface area contributed by atoms with E-state index in [1.165, 1.54) is 89.9 Å². The van der Waals surface area contributed by atoms with Gasteiger partial charge in [-0.3, -0.25) is 0 Å². The van der Waals surface area contributed by atoms with Crippen LogP contribution in [-0.2, 0) is 14.2 Å². The lowest BCUT2D eigenvalue weighted by Gasteiger charge is -2.11. The Labute approximate surface area is 193 Å². The van der Waals surface area contributed by atoms with Gasteiger partial charge in [-0.05, 0) is 25.7 Å². The van der Waals surface area contributed by atoms with Crippen molar-refractivity contribution >= 4 is 0 Å². The standard InChI is InChI=1S/C27H54O4/c1-2-3-4-5-6-7-8-9-10-11-14-17-20-29-23-26-22-27(31-24-26)25-30-21-18-15-12-13-16-19-28/h26-28H,2-25H2,1H3/t26-,27-/m0/s1. The Bertz CT molecular complexity index is 350.